The molecule has 0 aliphatic carbocycles. The van der Waals surface area contributed by atoms with Gasteiger partial charge in [0.1, 0.15) is 0 Å². The molecule has 0 bridgehead atoms. The zero-order valence-electron chi connectivity index (χ0n) is 12.0. The number of hydrogen-bond acceptors (Lipinski definition) is 0. The van der Waals surface area contributed by atoms with Gasteiger partial charge in [0.25, 0.3) is 0 Å². The van der Waals surface area contributed by atoms with Gasteiger partial charge < -0.3 is 0 Å². The van der Waals surface area contributed by atoms with E-state index in [4.69, 9.17) is 0 Å². The lowest BCUT2D eigenvalue weighted by molar-refractivity contribution is 1.46. The predicted molar refractivity (Wildman–Crippen MR) is 108 cm³/mol. The number of hydrogen-bond donors (Lipinski definition) is 0. The van der Waals surface area contributed by atoms with E-state index in [1.807, 2.05) is 0 Å². The highest BCUT2D eigenvalue weighted by molar-refractivity contribution is 9.08. The molecule has 0 N–H and O–H groups in total. The molecule has 22 heavy (non-hydrogen) atoms. The highest BCUT2D eigenvalue weighted by Crippen LogP contribution is 2.32. The first kappa shape index (κ1) is 17.4. The van der Waals surface area contributed by atoms with E-state index in [0.29, 0.717) is 0 Å². The first-order chi connectivity index (χ1) is 10.4. The van der Waals surface area contributed by atoms with Crippen molar-refractivity contribution in [2.45, 2.75) is 5.33 Å². The van der Waals surface area contributed by atoms with Crippen LogP contribution in [0.15, 0.2) is 84.9 Å². The average molecular weight is 436 g/mol. The highest BCUT2D eigenvalue weighted by Gasteiger charge is 2.15. The molecule has 0 heterocycles. The third-order valence-corrected chi connectivity index (χ3v) is 6.42. The fourth-order valence-electron chi connectivity index (χ4n) is 2.38. The topological polar surface area (TPSA) is 0 Å². The summed E-state index contributed by atoms with van der Waals surface area (Å²) in [6.07, 6.45) is 0. The summed E-state index contributed by atoms with van der Waals surface area (Å²) in [5, 5.41) is 5.09. The smallest absolute Gasteiger partial charge is 0.0283 e. The predicted octanol–water partition coefficient (Wildman–Crippen LogP) is 4.92. The van der Waals surface area contributed by atoms with Crippen molar-refractivity contribution in [2.75, 3.05) is 0 Å². The van der Waals surface area contributed by atoms with Crippen molar-refractivity contribution in [3.05, 3.63) is 90.5 Å². The highest BCUT2D eigenvalue weighted by atomic mass is 79.9. The monoisotopic (exact) mass is 434 g/mol. The van der Waals surface area contributed by atoms with Crippen molar-refractivity contribution in [3.8, 4) is 0 Å². The van der Waals surface area contributed by atoms with Gasteiger partial charge in [-0.2, -0.15) is 0 Å². The molecule has 3 heteroatoms. The minimum absolute atomic E-state index is 0. The van der Waals surface area contributed by atoms with Crippen LogP contribution in [-0.4, -0.2) is 0 Å². The van der Waals surface area contributed by atoms with E-state index in [9.17, 15) is 0 Å². The standard InChI is InChI=1S/C19H16BrP.BrH/c20-15-16-8-7-13-19(14-16)21(17-9-3-1-4-10-17)18-11-5-2-6-12-18;/h1-14H,15H2;1H. The molecule has 0 unspecified atom stereocenters. The molecule has 0 saturated heterocycles. The molecule has 0 aliphatic heterocycles. The van der Waals surface area contributed by atoms with Gasteiger partial charge in [0.2, 0.25) is 0 Å². The number of alkyl halides is 1. The van der Waals surface area contributed by atoms with Crippen LogP contribution in [0.1, 0.15) is 5.56 Å². The zero-order chi connectivity index (χ0) is 14.5. The van der Waals surface area contributed by atoms with Crippen molar-refractivity contribution in [1.82, 2.24) is 0 Å². The van der Waals surface area contributed by atoms with E-state index in [1.54, 1.807) is 0 Å². The van der Waals surface area contributed by atoms with E-state index in [1.165, 1.54) is 21.5 Å². The van der Waals surface area contributed by atoms with E-state index in [-0.39, 0.29) is 17.0 Å². The molecule has 3 aromatic carbocycles. The summed E-state index contributed by atoms with van der Waals surface area (Å²) >= 11 is 3.56. The lowest BCUT2D eigenvalue weighted by Crippen LogP contribution is -2.20. The third kappa shape index (κ3) is 4.07. The maximum absolute atomic E-state index is 3.56. The molecule has 0 fully saturated rings. The lowest BCUT2D eigenvalue weighted by atomic mass is 10.2. The SMILES string of the molecule is Br.BrCc1cccc(P(c2ccccc2)c2ccccc2)c1. The summed E-state index contributed by atoms with van der Waals surface area (Å²) < 4.78 is 0. The van der Waals surface area contributed by atoms with E-state index in [2.05, 4.69) is 101 Å². The first-order valence-corrected chi connectivity index (χ1v) is 9.40. The fourth-order valence-corrected chi connectivity index (χ4v) is 5.09. The summed E-state index contributed by atoms with van der Waals surface area (Å²) in [6, 6.07) is 30.5. The van der Waals surface area contributed by atoms with E-state index in [0.717, 1.165) is 5.33 Å². The minimum Gasteiger partial charge on any atom is -0.114 e. The van der Waals surface area contributed by atoms with Crippen LogP contribution < -0.4 is 15.9 Å². The Morgan fingerprint density at radius 1 is 0.636 bits per heavy atom. The Hall–Kier alpha value is -0.950. The Bertz CT molecular complexity index is 659. The van der Waals surface area contributed by atoms with Gasteiger partial charge in [0.05, 0.1) is 0 Å². The molecule has 0 spiro atoms. The van der Waals surface area contributed by atoms with Crippen molar-refractivity contribution < 1.29 is 0 Å². The molecule has 0 saturated carbocycles. The molecule has 0 aromatic heterocycles. The van der Waals surface area contributed by atoms with Crippen LogP contribution in [0.25, 0.3) is 0 Å². The maximum atomic E-state index is 3.56. The lowest BCUT2D eigenvalue weighted by Gasteiger charge is -2.19. The Morgan fingerprint density at radius 3 is 1.64 bits per heavy atom. The summed E-state index contributed by atoms with van der Waals surface area (Å²) in [5.41, 5.74) is 1.33. The second-order valence-electron chi connectivity index (χ2n) is 4.81. The molecule has 0 nitrogen and oxygen atoms in total. The largest absolute Gasteiger partial charge is 0.114 e. The Balaban J connectivity index is 0.00000176. The van der Waals surface area contributed by atoms with Gasteiger partial charge in [0, 0.05) is 5.33 Å². The minimum atomic E-state index is -0.489. The number of rotatable bonds is 4. The summed E-state index contributed by atoms with van der Waals surface area (Å²) in [5.74, 6) is 0. The molecule has 0 amide bonds. The zero-order valence-corrected chi connectivity index (χ0v) is 16.2. The normalized spacial score (nSPS) is 10.3. The second kappa shape index (κ2) is 8.62. The third-order valence-electron chi connectivity index (χ3n) is 3.35. The number of halogens is 2. The van der Waals surface area contributed by atoms with Crippen molar-refractivity contribution in [3.63, 3.8) is 0 Å². The molecule has 112 valence electrons. The van der Waals surface area contributed by atoms with E-state index >= 15 is 0 Å². The van der Waals surface area contributed by atoms with Gasteiger partial charge in [0.15, 0.2) is 0 Å². The van der Waals surface area contributed by atoms with Gasteiger partial charge in [-0.05, 0) is 35.5 Å². The van der Waals surface area contributed by atoms with Gasteiger partial charge in [-0.15, -0.1) is 17.0 Å². The molecular weight excluding hydrogens is 419 g/mol. The van der Waals surface area contributed by atoms with Gasteiger partial charge in [-0.25, -0.2) is 0 Å². The fraction of sp³-hybridized carbons (Fsp3) is 0.0526. The van der Waals surface area contributed by atoms with Crippen LogP contribution in [0.3, 0.4) is 0 Å². The van der Waals surface area contributed by atoms with Gasteiger partial charge in [-0.1, -0.05) is 94.8 Å². The molecule has 0 atom stereocenters. The van der Waals surface area contributed by atoms with E-state index < -0.39 is 7.92 Å². The van der Waals surface area contributed by atoms with Crippen molar-refractivity contribution in [2.24, 2.45) is 0 Å². The molecule has 0 radical (unpaired) electrons. The average Bonchev–Trinajstić information content (AvgIpc) is 2.57. The Morgan fingerprint density at radius 2 is 1.14 bits per heavy atom. The van der Waals surface area contributed by atoms with Crippen LogP contribution in [0.5, 0.6) is 0 Å². The van der Waals surface area contributed by atoms with Gasteiger partial charge >= 0.3 is 0 Å². The molecule has 0 aliphatic rings. The van der Waals surface area contributed by atoms with Crippen LogP contribution in [0.2, 0.25) is 0 Å². The quantitative estimate of drug-likeness (QED) is 0.403. The summed E-state index contributed by atoms with van der Waals surface area (Å²) in [4.78, 5) is 0. The second-order valence-corrected chi connectivity index (χ2v) is 7.59. The Labute approximate surface area is 152 Å². The van der Waals surface area contributed by atoms with Crippen LogP contribution in [-0.2, 0) is 5.33 Å². The maximum Gasteiger partial charge on any atom is 0.0283 e. The summed E-state index contributed by atoms with van der Waals surface area (Å²) in [6.45, 7) is 0. The molecular formula is C19H17Br2P. The number of benzene rings is 3. The van der Waals surface area contributed by atoms with Crippen molar-refractivity contribution >= 4 is 56.7 Å². The van der Waals surface area contributed by atoms with Crippen LogP contribution in [0.4, 0.5) is 0 Å². The molecule has 3 aromatic rings. The summed E-state index contributed by atoms with van der Waals surface area (Å²) in [7, 11) is -0.489. The molecule has 3 rings (SSSR count). The van der Waals surface area contributed by atoms with Gasteiger partial charge in [-0.3, -0.25) is 0 Å². The van der Waals surface area contributed by atoms with Crippen LogP contribution in [0, 0.1) is 0 Å². The first-order valence-electron chi connectivity index (χ1n) is 6.93. The Kier molecular flexibility index (Phi) is 6.82. The van der Waals surface area contributed by atoms with Crippen molar-refractivity contribution in [1.29, 1.82) is 0 Å². The van der Waals surface area contributed by atoms with Crippen LogP contribution >= 0.6 is 40.8 Å².